The lowest BCUT2D eigenvalue weighted by Crippen LogP contribution is -2.37. The summed E-state index contributed by atoms with van der Waals surface area (Å²) in [5.41, 5.74) is 0.671. The summed E-state index contributed by atoms with van der Waals surface area (Å²) in [5.74, 6) is -0.0792. The minimum absolute atomic E-state index is 0.0792. The molecule has 0 radical (unpaired) electrons. The molecular weight excluding hydrogens is 364 g/mol. The number of carbonyl (C=O) groups is 1. The topological polar surface area (TPSA) is 66.5 Å². The molecule has 0 spiro atoms. The number of sulfonamides is 1. The molecule has 1 amide bonds. The second kappa shape index (κ2) is 6.87. The van der Waals surface area contributed by atoms with E-state index in [2.05, 4.69) is 11.6 Å². The zero-order chi connectivity index (χ0) is 17.3. The molecule has 2 heterocycles. The fourth-order valence-electron chi connectivity index (χ4n) is 2.55. The summed E-state index contributed by atoms with van der Waals surface area (Å²) in [7, 11) is -3.62. The van der Waals surface area contributed by atoms with Crippen molar-refractivity contribution in [2.24, 2.45) is 0 Å². The first-order chi connectivity index (χ1) is 11.4. The Morgan fingerprint density at radius 3 is 2.83 bits per heavy atom. The van der Waals surface area contributed by atoms with Gasteiger partial charge in [0.1, 0.15) is 0 Å². The molecule has 0 saturated carbocycles. The zero-order valence-corrected chi connectivity index (χ0v) is 15.8. The molecule has 128 valence electrons. The smallest absolute Gasteiger partial charge is 0.240 e. The average molecular weight is 383 g/mol. The first-order valence-corrected chi connectivity index (χ1v) is 10.7. The maximum absolute atomic E-state index is 12.5. The molecule has 0 fully saturated rings. The quantitative estimate of drug-likeness (QED) is 0.882. The predicted molar refractivity (Wildman–Crippen MR) is 98.1 cm³/mol. The van der Waals surface area contributed by atoms with Gasteiger partial charge in [-0.15, -0.1) is 23.1 Å². The highest BCUT2D eigenvalue weighted by atomic mass is 32.2. The van der Waals surface area contributed by atoms with Gasteiger partial charge in [-0.25, -0.2) is 13.1 Å². The molecule has 24 heavy (non-hydrogen) atoms. The van der Waals surface area contributed by atoms with E-state index >= 15 is 0 Å². The average Bonchev–Trinajstić information content (AvgIpc) is 3.05. The summed E-state index contributed by atoms with van der Waals surface area (Å²) in [6, 6.07) is 8.74. The standard InChI is InChI=1S/C16H18N2O3S3/c1-11-10-18(12(2)19)15-8-14(5-6-16(15)23-11)24(20,21)17-9-13-4-3-7-22-13/h3-8,11,17H,9-10H2,1-2H3/t11-/m1/s1. The van der Waals surface area contributed by atoms with Crippen molar-refractivity contribution in [3.63, 3.8) is 0 Å². The first-order valence-electron chi connectivity index (χ1n) is 7.47. The van der Waals surface area contributed by atoms with E-state index in [-0.39, 0.29) is 22.6 Å². The molecule has 1 aliphatic rings. The van der Waals surface area contributed by atoms with E-state index in [1.54, 1.807) is 34.9 Å². The van der Waals surface area contributed by atoms with Crippen LogP contribution in [0.1, 0.15) is 18.7 Å². The number of thiophene rings is 1. The van der Waals surface area contributed by atoms with Gasteiger partial charge >= 0.3 is 0 Å². The number of nitrogens with zero attached hydrogens (tertiary/aromatic N) is 1. The third kappa shape index (κ3) is 3.66. The monoisotopic (exact) mass is 382 g/mol. The number of hydrogen-bond donors (Lipinski definition) is 1. The number of amides is 1. The van der Waals surface area contributed by atoms with Crippen molar-refractivity contribution < 1.29 is 13.2 Å². The number of rotatable bonds is 4. The van der Waals surface area contributed by atoms with E-state index in [9.17, 15) is 13.2 Å². The summed E-state index contributed by atoms with van der Waals surface area (Å²) in [4.78, 5) is 15.6. The third-order valence-corrected chi connectivity index (χ3v) is 7.12. The number of nitrogens with one attached hydrogen (secondary N) is 1. The van der Waals surface area contributed by atoms with Gasteiger partial charge in [-0.3, -0.25) is 4.79 Å². The Morgan fingerprint density at radius 2 is 2.17 bits per heavy atom. The maximum Gasteiger partial charge on any atom is 0.240 e. The lowest BCUT2D eigenvalue weighted by atomic mass is 10.2. The van der Waals surface area contributed by atoms with Crippen LogP contribution >= 0.6 is 23.1 Å². The molecule has 1 atom stereocenters. The molecule has 0 bridgehead atoms. The number of benzene rings is 1. The zero-order valence-electron chi connectivity index (χ0n) is 13.4. The van der Waals surface area contributed by atoms with Gasteiger partial charge in [0.25, 0.3) is 0 Å². The molecule has 0 unspecified atom stereocenters. The summed E-state index contributed by atoms with van der Waals surface area (Å²) in [6.07, 6.45) is 0. The van der Waals surface area contributed by atoms with E-state index in [4.69, 9.17) is 0 Å². The van der Waals surface area contributed by atoms with Crippen molar-refractivity contribution >= 4 is 44.7 Å². The molecule has 0 saturated heterocycles. The van der Waals surface area contributed by atoms with Gasteiger partial charge in [0, 0.05) is 35.0 Å². The van der Waals surface area contributed by atoms with Crippen LogP contribution in [-0.4, -0.2) is 26.1 Å². The van der Waals surface area contributed by atoms with Crippen molar-refractivity contribution in [3.8, 4) is 0 Å². The van der Waals surface area contributed by atoms with E-state index in [1.807, 2.05) is 17.5 Å². The summed E-state index contributed by atoms with van der Waals surface area (Å²) in [6.45, 7) is 4.40. The molecular formula is C16H18N2O3S3. The van der Waals surface area contributed by atoms with Crippen LogP contribution in [-0.2, 0) is 21.4 Å². The van der Waals surface area contributed by atoms with E-state index < -0.39 is 10.0 Å². The van der Waals surface area contributed by atoms with Crippen LogP contribution < -0.4 is 9.62 Å². The second-order valence-electron chi connectivity index (χ2n) is 5.59. The van der Waals surface area contributed by atoms with Crippen LogP contribution in [0.4, 0.5) is 5.69 Å². The fourth-order valence-corrected chi connectivity index (χ4v) is 5.40. The number of carbonyl (C=O) groups excluding carboxylic acids is 1. The molecule has 1 aromatic heterocycles. The van der Waals surface area contributed by atoms with Crippen molar-refractivity contribution in [3.05, 3.63) is 40.6 Å². The lowest BCUT2D eigenvalue weighted by molar-refractivity contribution is -0.116. The van der Waals surface area contributed by atoms with Gasteiger partial charge < -0.3 is 4.90 Å². The highest BCUT2D eigenvalue weighted by molar-refractivity contribution is 8.00. The van der Waals surface area contributed by atoms with Crippen LogP contribution in [0.3, 0.4) is 0 Å². The highest BCUT2D eigenvalue weighted by Gasteiger charge is 2.27. The van der Waals surface area contributed by atoms with E-state index in [1.165, 1.54) is 18.3 Å². The van der Waals surface area contributed by atoms with Gasteiger partial charge in [0.05, 0.1) is 10.6 Å². The fraction of sp³-hybridized carbons (Fsp3) is 0.312. The second-order valence-corrected chi connectivity index (χ2v) is 9.87. The van der Waals surface area contributed by atoms with Gasteiger partial charge in [-0.1, -0.05) is 13.0 Å². The Balaban J connectivity index is 1.89. The first kappa shape index (κ1) is 17.5. The number of fused-ring (bicyclic) bond motifs is 1. The molecule has 1 aromatic carbocycles. The van der Waals surface area contributed by atoms with Gasteiger partial charge in [-0.05, 0) is 29.6 Å². The van der Waals surface area contributed by atoms with E-state index in [0.717, 1.165) is 9.77 Å². The maximum atomic E-state index is 12.5. The summed E-state index contributed by atoms with van der Waals surface area (Å²) < 4.78 is 27.7. The predicted octanol–water partition coefficient (Wildman–Crippen LogP) is 3.07. The van der Waals surface area contributed by atoms with Crippen molar-refractivity contribution in [2.45, 2.75) is 35.4 Å². The Kier molecular flexibility index (Phi) is 5.00. The number of hydrogen-bond acceptors (Lipinski definition) is 5. The number of thioether (sulfide) groups is 1. The van der Waals surface area contributed by atoms with Crippen LogP contribution in [0, 0.1) is 0 Å². The van der Waals surface area contributed by atoms with Crippen LogP contribution in [0.15, 0.2) is 45.5 Å². The molecule has 3 rings (SSSR count). The Hall–Kier alpha value is -1.35. The minimum Gasteiger partial charge on any atom is -0.310 e. The van der Waals surface area contributed by atoms with Crippen LogP contribution in [0.25, 0.3) is 0 Å². The van der Waals surface area contributed by atoms with Crippen molar-refractivity contribution in [1.29, 1.82) is 0 Å². The molecule has 0 aliphatic carbocycles. The van der Waals surface area contributed by atoms with Gasteiger partial charge in [-0.2, -0.15) is 0 Å². The summed E-state index contributed by atoms with van der Waals surface area (Å²) in [5, 5.41) is 2.19. The van der Waals surface area contributed by atoms with Crippen LogP contribution in [0.2, 0.25) is 0 Å². The third-order valence-electron chi connectivity index (χ3n) is 3.70. The van der Waals surface area contributed by atoms with Crippen molar-refractivity contribution in [1.82, 2.24) is 4.72 Å². The molecule has 5 nitrogen and oxygen atoms in total. The largest absolute Gasteiger partial charge is 0.310 e. The Morgan fingerprint density at radius 1 is 1.38 bits per heavy atom. The highest BCUT2D eigenvalue weighted by Crippen LogP contribution is 2.39. The van der Waals surface area contributed by atoms with Gasteiger partial charge in [0.15, 0.2) is 0 Å². The Bertz CT molecular complexity index is 847. The molecule has 8 heteroatoms. The molecule has 1 N–H and O–H groups in total. The van der Waals surface area contributed by atoms with E-state index in [0.29, 0.717) is 12.2 Å². The summed E-state index contributed by atoms with van der Waals surface area (Å²) >= 11 is 3.16. The Labute approximate surface area is 150 Å². The minimum atomic E-state index is -3.62. The van der Waals surface area contributed by atoms with Gasteiger partial charge in [0.2, 0.25) is 15.9 Å². The molecule has 1 aliphatic heterocycles. The SMILES string of the molecule is CC(=O)N1C[C@@H](C)Sc2ccc(S(=O)(=O)NCc3cccs3)cc21. The van der Waals surface area contributed by atoms with Crippen molar-refractivity contribution in [2.75, 3.05) is 11.4 Å². The molecule has 2 aromatic rings. The normalized spacial score (nSPS) is 17.6. The lowest BCUT2D eigenvalue weighted by Gasteiger charge is -2.32. The number of anilines is 1. The van der Waals surface area contributed by atoms with Crippen LogP contribution in [0.5, 0.6) is 0 Å².